The second kappa shape index (κ2) is 7.95. The van der Waals surface area contributed by atoms with Crippen LogP contribution in [0, 0.1) is 5.82 Å². The molecule has 7 heteroatoms. The number of carbonyl (C=O) groups excluding carboxylic acids is 2. The molecule has 21 heavy (non-hydrogen) atoms. The minimum atomic E-state index is -0.525. The first-order valence-electron chi connectivity index (χ1n) is 6.67. The first-order valence-corrected chi connectivity index (χ1v) is 6.67. The van der Waals surface area contributed by atoms with Crippen LogP contribution >= 0.6 is 12.4 Å². The zero-order chi connectivity index (χ0) is 14.5. The number of nitrogens with one attached hydrogen (secondary N) is 3. The van der Waals surface area contributed by atoms with Gasteiger partial charge in [0, 0.05) is 12.6 Å². The highest BCUT2D eigenvalue weighted by Gasteiger charge is 2.21. The fraction of sp³-hybridized carbons (Fsp3) is 0.429. The molecule has 1 atom stereocenters. The largest absolute Gasteiger partial charge is 0.326 e. The van der Waals surface area contributed by atoms with Crippen LogP contribution in [-0.2, 0) is 9.59 Å². The van der Waals surface area contributed by atoms with Gasteiger partial charge in [-0.15, -0.1) is 12.4 Å². The Morgan fingerprint density at radius 3 is 2.67 bits per heavy atom. The summed E-state index contributed by atoms with van der Waals surface area (Å²) in [5, 5.41) is 8.22. The number of halogens is 2. The molecule has 1 heterocycles. The van der Waals surface area contributed by atoms with Crippen molar-refractivity contribution >= 4 is 35.6 Å². The van der Waals surface area contributed by atoms with Crippen LogP contribution in [0.2, 0.25) is 0 Å². The monoisotopic (exact) mass is 315 g/mol. The van der Waals surface area contributed by atoms with Crippen LogP contribution in [0.25, 0.3) is 0 Å². The van der Waals surface area contributed by atoms with Crippen LogP contribution in [0.4, 0.5) is 15.8 Å². The zero-order valence-corrected chi connectivity index (χ0v) is 12.6. The van der Waals surface area contributed by atoms with Gasteiger partial charge >= 0.3 is 0 Å². The molecule has 0 spiro atoms. The molecular weight excluding hydrogens is 297 g/mol. The Balaban J connectivity index is 0.00000220. The Hall–Kier alpha value is -1.66. The van der Waals surface area contributed by atoms with Crippen LogP contribution in [0.1, 0.15) is 26.2 Å². The van der Waals surface area contributed by atoms with Gasteiger partial charge in [-0.25, -0.2) is 4.39 Å². The van der Waals surface area contributed by atoms with E-state index in [1.807, 2.05) is 0 Å². The molecule has 1 fully saturated rings. The predicted octanol–water partition coefficient (Wildman–Crippen LogP) is 2.29. The maximum Gasteiger partial charge on any atom is 0.241 e. The molecule has 0 radical (unpaired) electrons. The quantitative estimate of drug-likeness (QED) is 0.801. The molecule has 0 aliphatic carbocycles. The third-order valence-corrected chi connectivity index (χ3v) is 3.17. The molecule has 2 rings (SSSR count). The van der Waals surface area contributed by atoms with Crippen LogP contribution < -0.4 is 16.0 Å². The molecule has 2 amide bonds. The van der Waals surface area contributed by atoms with E-state index in [2.05, 4.69) is 16.0 Å². The summed E-state index contributed by atoms with van der Waals surface area (Å²) in [5.74, 6) is -1.02. The van der Waals surface area contributed by atoms with E-state index in [1.54, 1.807) is 0 Å². The molecule has 0 aromatic heterocycles. The Kier molecular flexibility index (Phi) is 6.58. The summed E-state index contributed by atoms with van der Waals surface area (Å²) in [4.78, 5) is 23.0. The third-order valence-electron chi connectivity index (χ3n) is 3.17. The molecule has 1 aliphatic rings. The molecule has 3 N–H and O–H groups in total. The van der Waals surface area contributed by atoms with Crippen LogP contribution in [0.15, 0.2) is 18.2 Å². The SMILES string of the molecule is CC(=O)Nc1ccc(F)c(NC(=O)C2CCCCN2)c1.Cl. The van der Waals surface area contributed by atoms with Crippen LogP contribution in [0.5, 0.6) is 0 Å². The molecule has 1 unspecified atom stereocenters. The summed E-state index contributed by atoms with van der Waals surface area (Å²) in [6, 6.07) is 3.80. The number of hydrogen-bond acceptors (Lipinski definition) is 3. The maximum absolute atomic E-state index is 13.7. The lowest BCUT2D eigenvalue weighted by Gasteiger charge is -2.22. The Bertz CT molecular complexity index is 519. The topological polar surface area (TPSA) is 70.2 Å². The fourth-order valence-corrected chi connectivity index (χ4v) is 2.20. The van der Waals surface area contributed by atoms with E-state index in [0.29, 0.717) is 5.69 Å². The second-order valence-electron chi connectivity index (χ2n) is 4.87. The average molecular weight is 316 g/mol. The summed E-state index contributed by atoms with van der Waals surface area (Å²) in [6.45, 7) is 2.17. The lowest BCUT2D eigenvalue weighted by molar-refractivity contribution is -0.118. The zero-order valence-electron chi connectivity index (χ0n) is 11.7. The Morgan fingerprint density at radius 2 is 2.05 bits per heavy atom. The molecule has 0 saturated carbocycles. The van der Waals surface area contributed by atoms with E-state index in [4.69, 9.17) is 0 Å². The molecule has 116 valence electrons. The van der Waals surface area contributed by atoms with Crippen molar-refractivity contribution in [3.63, 3.8) is 0 Å². The van der Waals surface area contributed by atoms with Crippen LogP contribution in [-0.4, -0.2) is 24.4 Å². The summed E-state index contributed by atoms with van der Waals surface area (Å²) >= 11 is 0. The summed E-state index contributed by atoms with van der Waals surface area (Å²) in [5.41, 5.74) is 0.527. The number of anilines is 2. The van der Waals surface area contributed by atoms with Gasteiger partial charge in [-0.1, -0.05) is 6.42 Å². The van der Waals surface area contributed by atoms with E-state index < -0.39 is 5.82 Å². The van der Waals surface area contributed by atoms with Gasteiger partial charge in [0.15, 0.2) is 0 Å². The lowest BCUT2D eigenvalue weighted by atomic mass is 10.0. The van der Waals surface area contributed by atoms with Gasteiger partial charge in [0.2, 0.25) is 11.8 Å². The summed E-state index contributed by atoms with van der Waals surface area (Å²) in [7, 11) is 0. The smallest absolute Gasteiger partial charge is 0.241 e. The van der Waals surface area contributed by atoms with Gasteiger partial charge in [-0.2, -0.15) is 0 Å². The van der Waals surface area contributed by atoms with Gasteiger partial charge in [-0.3, -0.25) is 9.59 Å². The second-order valence-corrected chi connectivity index (χ2v) is 4.87. The van der Waals surface area contributed by atoms with Gasteiger partial charge in [-0.05, 0) is 37.6 Å². The van der Waals surface area contributed by atoms with Crippen molar-refractivity contribution in [2.45, 2.75) is 32.2 Å². The lowest BCUT2D eigenvalue weighted by Crippen LogP contribution is -2.43. The molecular formula is C14H19ClFN3O2. The minimum Gasteiger partial charge on any atom is -0.326 e. The van der Waals surface area contributed by atoms with Crippen molar-refractivity contribution in [2.75, 3.05) is 17.2 Å². The fourth-order valence-electron chi connectivity index (χ4n) is 2.20. The normalized spacial score (nSPS) is 17.5. The Morgan fingerprint density at radius 1 is 1.29 bits per heavy atom. The molecule has 1 aromatic rings. The number of hydrogen-bond donors (Lipinski definition) is 3. The third kappa shape index (κ3) is 4.99. The molecule has 1 aromatic carbocycles. The first kappa shape index (κ1) is 17.4. The van der Waals surface area contributed by atoms with E-state index in [1.165, 1.54) is 25.1 Å². The van der Waals surface area contributed by atoms with Crippen LogP contribution in [0.3, 0.4) is 0 Å². The van der Waals surface area contributed by atoms with Crippen molar-refractivity contribution < 1.29 is 14.0 Å². The molecule has 5 nitrogen and oxygen atoms in total. The number of rotatable bonds is 3. The molecule has 1 saturated heterocycles. The van der Waals surface area contributed by atoms with E-state index in [0.717, 1.165) is 25.8 Å². The number of carbonyl (C=O) groups is 2. The highest BCUT2D eigenvalue weighted by molar-refractivity contribution is 5.96. The number of amides is 2. The summed E-state index contributed by atoms with van der Waals surface area (Å²) in [6.07, 6.45) is 2.79. The van der Waals surface area contributed by atoms with Crippen molar-refractivity contribution in [3.8, 4) is 0 Å². The highest BCUT2D eigenvalue weighted by atomic mass is 35.5. The summed E-state index contributed by atoms with van der Waals surface area (Å²) < 4.78 is 13.7. The molecule has 1 aliphatic heterocycles. The van der Waals surface area contributed by atoms with E-state index in [9.17, 15) is 14.0 Å². The predicted molar refractivity (Wildman–Crippen MR) is 82.2 cm³/mol. The van der Waals surface area contributed by atoms with Crippen molar-refractivity contribution in [1.29, 1.82) is 0 Å². The average Bonchev–Trinajstić information content (AvgIpc) is 2.43. The van der Waals surface area contributed by atoms with Crippen molar-refractivity contribution in [3.05, 3.63) is 24.0 Å². The number of benzene rings is 1. The van der Waals surface area contributed by atoms with Crippen molar-refractivity contribution in [2.24, 2.45) is 0 Å². The Labute approximate surface area is 129 Å². The van der Waals surface area contributed by atoms with Gasteiger partial charge in [0.1, 0.15) is 5.82 Å². The van der Waals surface area contributed by atoms with E-state index >= 15 is 0 Å². The first-order chi connectivity index (χ1) is 9.56. The minimum absolute atomic E-state index is 0. The van der Waals surface area contributed by atoms with Gasteiger partial charge < -0.3 is 16.0 Å². The highest BCUT2D eigenvalue weighted by Crippen LogP contribution is 2.20. The van der Waals surface area contributed by atoms with Gasteiger partial charge in [0.25, 0.3) is 0 Å². The number of piperidine rings is 1. The van der Waals surface area contributed by atoms with E-state index in [-0.39, 0.29) is 36.0 Å². The van der Waals surface area contributed by atoms with Gasteiger partial charge in [0.05, 0.1) is 11.7 Å². The van der Waals surface area contributed by atoms with Crippen molar-refractivity contribution in [1.82, 2.24) is 5.32 Å². The standard InChI is InChI=1S/C14H18FN3O2.ClH/c1-9(19)17-10-5-6-11(15)13(8-10)18-14(20)12-4-2-3-7-16-12;/h5-6,8,12,16H,2-4,7H2,1H3,(H,17,19)(H,18,20);1H. The maximum atomic E-state index is 13.7. The molecule has 0 bridgehead atoms.